The quantitative estimate of drug-likeness (QED) is 0.624. The smallest absolute Gasteiger partial charge is 0.182 e. The molecule has 4 heteroatoms. The van der Waals surface area contributed by atoms with Crippen LogP contribution in [0, 0.1) is 11.6 Å². The summed E-state index contributed by atoms with van der Waals surface area (Å²) in [5, 5.41) is 1.47. The summed E-state index contributed by atoms with van der Waals surface area (Å²) in [4.78, 5) is 0. The molecule has 0 aliphatic heterocycles. The van der Waals surface area contributed by atoms with Crippen molar-refractivity contribution in [2.45, 2.75) is 0 Å². The van der Waals surface area contributed by atoms with Gasteiger partial charge in [0.05, 0.1) is 16.5 Å². The van der Waals surface area contributed by atoms with E-state index in [4.69, 9.17) is 4.74 Å². The van der Waals surface area contributed by atoms with Crippen LogP contribution in [0.25, 0.3) is 20.2 Å². The number of ether oxygens (including phenoxy) is 1. The van der Waals surface area contributed by atoms with E-state index >= 15 is 0 Å². The van der Waals surface area contributed by atoms with Crippen LogP contribution in [0.4, 0.5) is 8.78 Å². The molecule has 17 heavy (non-hydrogen) atoms. The first-order valence-corrected chi connectivity index (χ1v) is 5.87. The maximum atomic E-state index is 14.0. The van der Waals surface area contributed by atoms with E-state index in [0.717, 1.165) is 22.1 Å². The number of benzene rings is 2. The Labute approximate surface area is 100 Å². The average Bonchev–Trinajstić information content (AvgIpc) is 2.71. The van der Waals surface area contributed by atoms with Gasteiger partial charge in [0.2, 0.25) is 0 Å². The van der Waals surface area contributed by atoms with Crippen LogP contribution in [-0.4, -0.2) is 7.11 Å². The Morgan fingerprint density at radius 1 is 1.00 bits per heavy atom. The van der Waals surface area contributed by atoms with Crippen molar-refractivity contribution in [3.8, 4) is 5.75 Å². The van der Waals surface area contributed by atoms with Crippen LogP contribution >= 0.6 is 11.3 Å². The first-order valence-electron chi connectivity index (χ1n) is 5.05. The van der Waals surface area contributed by atoms with Gasteiger partial charge in [0.1, 0.15) is 5.82 Å². The van der Waals surface area contributed by atoms with Crippen LogP contribution in [0.1, 0.15) is 0 Å². The summed E-state index contributed by atoms with van der Waals surface area (Å²) in [5.41, 5.74) is 0. The minimum absolute atomic E-state index is 0.185. The Hall–Kier alpha value is -1.68. The highest BCUT2D eigenvalue weighted by molar-refractivity contribution is 7.25. The molecule has 0 unspecified atom stereocenters. The topological polar surface area (TPSA) is 9.23 Å². The highest BCUT2D eigenvalue weighted by Gasteiger charge is 2.14. The Morgan fingerprint density at radius 2 is 1.76 bits per heavy atom. The van der Waals surface area contributed by atoms with E-state index in [-0.39, 0.29) is 11.6 Å². The summed E-state index contributed by atoms with van der Waals surface area (Å²) in [6.45, 7) is 0. The number of methoxy groups -OCH3 is 1. The molecule has 0 bridgehead atoms. The third kappa shape index (κ3) is 1.41. The number of thiophene rings is 1. The maximum Gasteiger partial charge on any atom is 0.182 e. The molecule has 2 aromatic carbocycles. The van der Waals surface area contributed by atoms with Gasteiger partial charge in [-0.2, -0.15) is 0 Å². The van der Waals surface area contributed by atoms with Gasteiger partial charge in [0.25, 0.3) is 0 Å². The molecular weight excluding hydrogens is 242 g/mol. The average molecular weight is 250 g/mol. The molecule has 0 saturated heterocycles. The van der Waals surface area contributed by atoms with Gasteiger partial charge in [-0.25, -0.2) is 8.78 Å². The van der Waals surface area contributed by atoms with Crippen molar-refractivity contribution >= 4 is 31.5 Å². The first-order chi connectivity index (χ1) is 8.22. The molecule has 1 aromatic heterocycles. The van der Waals surface area contributed by atoms with Gasteiger partial charge in [-0.05, 0) is 18.2 Å². The Kier molecular flexibility index (Phi) is 2.26. The summed E-state index contributed by atoms with van der Waals surface area (Å²) >= 11 is 1.11. The van der Waals surface area contributed by atoms with Crippen LogP contribution in [0.15, 0.2) is 30.3 Å². The van der Waals surface area contributed by atoms with Gasteiger partial charge in [0, 0.05) is 10.8 Å². The summed E-state index contributed by atoms with van der Waals surface area (Å²) in [6.07, 6.45) is 0. The lowest BCUT2D eigenvalue weighted by Gasteiger charge is -2.01. The van der Waals surface area contributed by atoms with Crippen LogP contribution in [0.2, 0.25) is 0 Å². The Morgan fingerprint density at radius 3 is 2.53 bits per heavy atom. The van der Waals surface area contributed by atoms with Gasteiger partial charge in [-0.3, -0.25) is 0 Å². The monoisotopic (exact) mass is 250 g/mol. The van der Waals surface area contributed by atoms with Gasteiger partial charge < -0.3 is 4.74 Å². The van der Waals surface area contributed by atoms with Crippen molar-refractivity contribution in [3.63, 3.8) is 0 Å². The van der Waals surface area contributed by atoms with Crippen molar-refractivity contribution in [2.24, 2.45) is 0 Å². The normalized spacial score (nSPS) is 11.2. The van der Waals surface area contributed by atoms with Crippen LogP contribution in [-0.2, 0) is 0 Å². The minimum Gasteiger partial charge on any atom is -0.494 e. The van der Waals surface area contributed by atoms with Crippen molar-refractivity contribution in [2.75, 3.05) is 7.11 Å². The summed E-state index contributed by atoms with van der Waals surface area (Å²) in [6, 6.07) is 8.13. The first kappa shape index (κ1) is 10.5. The van der Waals surface area contributed by atoms with Gasteiger partial charge in [0.15, 0.2) is 11.6 Å². The van der Waals surface area contributed by atoms with Gasteiger partial charge in [-0.1, -0.05) is 12.1 Å². The molecule has 0 amide bonds. The SMILES string of the molecule is COc1ccc2c(sc3c(F)cccc32)c1F. The van der Waals surface area contributed by atoms with E-state index in [0.29, 0.717) is 9.40 Å². The fraction of sp³-hybridized carbons (Fsp3) is 0.0769. The third-order valence-corrected chi connectivity index (χ3v) is 3.97. The molecule has 0 aliphatic rings. The minimum atomic E-state index is -0.425. The zero-order chi connectivity index (χ0) is 12.0. The van der Waals surface area contributed by atoms with E-state index in [1.54, 1.807) is 24.3 Å². The number of hydrogen-bond acceptors (Lipinski definition) is 2. The molecule has 0 fully saturated rings. The summed E-state index contributed by atoms with van der Waals surface area (Å²) < 4.78 is 33.4. The van der Waals surface area contributed by atoms with Gasteiger partial charge in [-0.15, -0.1) is 11.3 Å². The number of rotatable bonds is 1. The summed E-state index contributed by atoms with van der Waals surface area (Å²) in [5.74, 6) is -0.558. The van der Waals surface area contributed by atoms with Gasteiger partial charge >= 0.3 is 0 Å². The molecule has 86 valence electrons. The van der Waals surface area contributed by atoms with E-state index in [1.807, 2.05) is 0 Å². The molecule has 1 heterocycles. The third-order valence-electron chi connectivity index (χ3n) is 2.74. The predicted molar refractivity (Wildman–Crippen MR) is 65.8 cm³/mol. The Bertz CT molecular complexity index is 718. The molecule has 0 aliphatic carbocycles. The number of halogens is 2. The van der Waals surface area contributed by atoms with E-state index < -0.39 is 5.82 Å². The second kappa shape index (κ2) is 3.67. The molecule has 0 N–H and O–H groups in total. The lowest BCUT2D eigenvalue weighted by atomic mass is 10.1. The highest BCUT2D eigenvalue weighted by atomic mass is 32.1. The van der Waals surface area contributed by atoms with Crippen molar-refractivity contribution in [1.29, 1.82) is 0 Å². The van der Waals surface area contributed by atoms with Crippen molar-refractivity contribution in [1.82, 2.24) is 0 Å². The van der Waals surface area contributed by atoms with Crippen molar-refractivity contribution in [3.05, 3.63) is 42.0 Å². The predicted octanol–water partition coefficient (Wildman–Crippen LogP) is 4.34. The molecule has 3 rings (SSSR count). The molecule has 1 nitrogen and oxygen atoms in total. The van der Waals surface area contributed by atoms with Crippen molar-refractivity contribution < 1.29 is 13.5 Å². The molecule has 3 aromatic rings. The zero-order valence-electron chi connectivity index (χ0n) is 8.96. The highest BCUT2D eigenvalue weighted by Crippen LogP contribution is 2.39. The van der Waals surface area contributed by atoms with Crippen LogP contribution < -0.4 is 4.74 Å². The Balaban J connectivity index is 2.51. The molecule has 0 radical (unpaired) electrons. The molecule has 0 spiro atoms. The maximum absolute atomic E-state index is 14.0. The van der Waals surface area contributed by atoms with E-state index in [2.05, 4.69) is 0 Å². The molecule has 0 saturated carbocycles. The lowest BCUT2D eigenvalue weighted by Crippen LogP contribution is -1.86. The van der Waals surface area contributed by atoms with Crippen LogP contribution in [0.3, 0.4) is 0 Å². The molecular formula is C13H8F2OS. The summed E-state index contributed by atoms with van der Waals surface area (Å²) in [7, 11) is 1.41. The fourth-order valence-electron chi connectivity index (χ4n) is 1.93. The van der Waals surface area contributed by atoms with E-state index in [1.165, 1.54) is 13.2 Å². The van der Waals surface area contributed by atoms with Crippen LogP contribution in [0.5, 0.6) is 5.75 Å². The molecule has 0 atom stereocenters. The lowest BCUT2D eigenvalue weighted by molar-refractivity contribution is 0.389. The standard InChI is InChI=1S/C13H8F2OS/c1-16-10-6-5-8-7-3-2-4-9(14)12(7)17-13(8)11(10)15/h2-6H,1H3. The fourth-order valence-corrected chi connectivity index (χ4v) is 3.07. The number of fused-ring (bicyclic) bond motifs is 3. The zero-order valence-corrected chi connectivity index (χ0v) is 9.78. The second-order valence-electron chi connectivity index (χ2n) is 3.68. The largest absolute Gasteiger partial charge is 0.494 e. The van der Waals surface area contributed by atoms with E-state index in [9.17, 15) is 8.78 Å². The second-order valence-corrected chi connectivity index (χ2v) is 4.70. The number of hydrogen-bond donors (Lipinski definition) is 0.